The van der Waals surface area contributed by atoms with E-state index in [0.717, 1.165) is 5.56 Å². The predicted octanol–water partition coefficient (Wildman–Crippen LogP) is 2.76. The summed E-state index contributed by atoms with van der Waals surface area (Å²) in [4.78, 5) is 29.1. The molecule has 2 aromatic carbocycles. The van der Waals surface area contributed by atoms with E-state index < -0.39 is 6.10 Å². The van der Waals surface area contributed by atoms with Crippen LogP contribution in [0.3, 0.4) is 0 Å². The SMILES string of the molecule is COc1cc(OC)cc(C(=O)N2CCN(C(=O)C(C)Oc3ccc(C)cc3)CC2)c1. The molecule has 0 radical (unpaired) electrons. The lowest BCUT2D eigenvalue weighted by atomic mass is 10.1. The summed E-state index contributed by atoms with van der Waals surface area (Å²) in [5.41, 5.74) is 1.64. The highest BCUT2D eigenvalue weighted by molar-refractivity contribution is 5.95. The van der Waals surface area contributed by atoms with Crippen LogP contribution in [-0.2, 0) is 4.79 Å². The smallest absolute Gasteiger partial charge is 0.263 e. The number of benzene rings is 2. The fourth-order valence-electron chi connectivity index (χ4n) is 3.37. The van der Waals surface area contributed by atoms with Gasteiger partial charge in [-0.15, -0.1) is 0 Å². The number of hydrogen-bond acceptors (Lipinski definition) is 5. The van der Waals surface area contributed by atoms with Crippen LogP contribution in [0.25, 0.3) is 0 Å². The minimum Gasteiger partial charge on any atom is -0.497 e. The van der Waals surface area contributed by atoms with Crippen molar-refractivity contribution in [2.75, 3.05) is 40.4 Å². The van der Waals surface area contributed by atoms with Crippen LogP contribution >= 0.6 is 0 Å². The molecule has 1 atom stereocenters. The van der Waals surface area contributed by atoms with E-state index in [4.69, 9.17) is 14.2 Å². The Bertz CT molecular complexity index is 867. The van der Waals surface area contributed by atoms with E-state index >= 15 is 0 Å². The number of ether oxygens (including phenoxy) is 3. The van der Waals surface area contributed by atoms with Gasteiger partial charge >= 0.3 is 0 Å². The molecule has 0 bridgehead atoms. The van der Waals surface area contributed by atoms with Gasteiger partial charge in [-0.05, 0) is 38.1 Å². The van der Waals surface area contributed by atoms with Gasteiger partial charge in [0.1, 0.15) is 17.2 Å². The van der Waals surface area contributed by atoms with Gasteiger partial charge in [0.05, 0.1) is 14.2 Å². The Balaban J connectivity index is 1.58. The Morgan fingerprint density at radius 2 is 1.37 bits per heavy atom. The van der Waals surface area contributed by atoms with E-state index in [2.05, 4.69) is 0 Å². The highest BCUT2D eigenvalue weighted by atomic mass is 16.5. The molecule has 2 amide bonds. The molecule has 0 aliphatic carbocycles. The van der Waals surface area contributed by atoms with Gasteiger partial charge in [0.2, 0.25) is 0 Å². The molecule has 1 heterocycles. The fourth-order valence-corrected chi connectivity index (χ4v) is 3.37. The van der Waals surface area contributed by atoms with Crippen molar-refractivity contribution in [3.05, 3.63) is 53.6 Å². The quantitative estimate of drug-likeness (QED) is 0.730. The van der Waals surface area contributed by atoms with Gasteiger partial charge in [0.15, 0.2) is 6.10 Å². The van der Waals surface area contributed by atoms with Crippen molar-refractivity contribution in [2.45, 2.75) is 20.0 Å². The molecular formula is C23H28N2O5. The van der Waals surface area contributed by atoms with Crippen LogP contribution in [0, 0.1) is 6.92 Å². The summed E-state index contributed by atoms with van der Waals surface area (Å²) in [6.07, 6.45) is -0.586. The van der Waals surface area contributed by atoms with E-state index in [9.17, 15) is 9.59 Å². The van der Waals surface area contributed by atoms with Gasteiger partial charge in [-0.25, -0.2) is 0 Å². The molecule has 1 saturated heterocycles. The van der Waals surface area contributed by atoms with Crippen LogP contribution < -0.4 is 14.2 Å². The number of nitrogens with zero attached hydrogens (tertiary/aromatic N) is 2. The molecule has 160 valence electrons. The summed E-state index contributed by atoms with van der Waals surface area (Å²) in [5.74, 6) is 1.61. The first-order valence-electron chi connectivity index (χ1n) is 9.95. The van der Waals surface area contributed by atoms with Crippen LogP contribution in [0.5, 0.6) is 17.2 Å². The highest BCUT2D eigenvalue weighted by Crippen LogP contribution is 2.24. The largest absolute Gasteiger partial charge is 0.497 e. The van der Waals surface area contributed by atoms with Gasteiger partial charge in [0.25, 0.3) is 11.8 Å². The van der Waals surface area contributed by atoms with E-state index in [1.54, 1.807) is 49.1 Å². The summed E-state index contributed by atoms with van der Waals surface area (Å²) in [6, 6.07) is 12.7. The maximum Gasteiger partial charge on any atom is 0.263 e. The normalized spacial score (nSPS) is 14.8. The zero-order valence-corrected chi connectivity index (χ0v) is 17.9. The molecule has 3 rings (SSSR count). The summed E-state index contributed by atoms with van der Waals surface area (Å²) >= 11 is 0. The lowest BCUT2D eigenvalue weighted by Crippen LogP contribution is -2.53. The summed E-state index contributed by atoms with van der Waals surface area (Å²) in [5, 5.41) is 0. The molecule has 0 N–H and O–H groups in total. The molecule has 2 aromatic rings. The van der Waals surface area contributed by atoms with Crippen molar-refractivity contribution < 1.29 is 23.8 Å². The standard InChI is InChI=1S/C23H28N2O5/c1-16-5-7-19(8-6-16)30-17(2)22(26)24-9-11-25(12-10-24)23(27)18-13-20(28-3)15-21(14-18)29-4/h5-8,13-15,17H,9-12H2,1-4H3. The number of carbonyl (C=O) groups excluding carboxylic acids is 2. The minimum atomic E-state index is -0.586. The van der Waals surface area contributed by atoms with Gasteiger partial charge in [0, 0.05) is 37.8 Å². The monoisotopic (exact) mass is 412 g/mol. The van der Waals surface area contributed by atoms with Gasteiger partial charge in [-0.2, -0.15) is 0 Å². The Labute approximate surface area is 177 Å². The molecule has 0 saturated carbocycles. The van der Waals surface area contributed by atoms with Gasteiger partial charge in [-0.3, -0.25) is 9.59 Å². The molecule has 1 fully saturated rings. The van der Waals surface area contributed by atoms with E-state index in [1.807, 2.05) is 31.2 Å². The predicted molar refractivity (Wildman–Crippen MR) is 113 cm³/mol. The summed E-state index contributed by atoms with van der Waals surface area (Å²) < 4.78 is 16.3. The summed E-state index contributed by atoms with van der Waals surface area (Å²) in [6.45, 7) is 5.60. The van der Waals surface area contributed by atoms with Crippen molar-refractivity contribution in [3.63, 3.8) is 0 Å². The third-order valence-corrected chi connectivity index (χ3v) is 5.16. The average molecular weight is 412 g/mol. The maximum atomic E-state index is 12.9. The van der Waals surface area contributed by atoms with Crippen molar-refractivity contribution >= 4 is 11.8 Å². The first kappa shape index (κ1) is 21.5. The van der Waals surface area contributed by atoms with Crippen LogP contribution in [-0.4, -0.2) is 68.1 Å². The van der Waals surface area contributed by atoms with E-state index in [0.29, 0.717) is 49.0 Å². The fraction of sp³-hybridized carbons (Fsp3) is 0.391. The van der Waals surface area contributed by atoms with Crippen molar-refractivity contribution in [2.24, 2.45) is 0 Å². The maximum absolute atomic E-state index is 12.9. The zero-order valence-electron chi connectivity index (χ0n) is 17.9. The number of methoxy groups -OCH3 is 2. The van der Waals surface area contributed by atoms with Crippen LogP contribution in [0.2, 0.25) is 0 Å². The number of amides is 2. The first-order chi connectivity index (χ1) is 14.4. The first-order valence-corrected chi connectivity index (χ1v) is 9.95. The van der Waals surface area contributed by atoms with Crippen molar-refractivity contribution in [3.8, 4) is 17.2 Å². The topological polar surface area (TPSA) is 68.3 Å². The zero-order chi connectivity index (χ0) is 21.7. The third kappa shape index (κ3) is 5.03. The van der Waals surface area contributed by atoms with E-state index in [1.165, 1.54) is 0 Å². The number of aryl methyl sites for hydroxylation is 1. The van der Waals surface area contributed by atoms with Crippen molar-refractivity contribution in [1.82, 2.24) is 9.80 Å². The van der Waals surface area contributed by atoms with Gasteiger partial charge < -0.3 is 24.0 Å². The molecule has 0 aromatic heterocycles. The third-order valence-electron chi connectivity index (χ3n) is 5.16. The number of hydrogen-bond donors (Lipinski definition) is 0. The number of rotatable bonds is 6. The molecular weight excluding hydrogens is 384 g/mol. The Hall–Kier alpha value is -3.22. The second kappa shape index (κ2) is 9.52. The van der Waals surface area contributed by atoms with E-state index in [-0.39, 0.29) is 11.8 Å². The minimum absolute atomic E-state index is 0.0780. The molecule has 7 heteroatoms. The molecule has 1 aliphatic heterocycles. The second-order valence-corrected chi connectivity index (χ2v) is 7.29. The number of carbonyl (C=O) groups is 2. The molecule has 1 aliphatic rings. The van der Waals surface area contributed by atoms with Crippen molar-refractivity contribution in [1.29, 1.82) is 0 Å². The summed E-state index contributed by atoms with van der Waals surface area (Å²) in [7, 11) is 3.10. The van der Waals surface area contributed by atoms with Crippen LogP contribution in [0.1, 0.15) is 22.8 Å². The Morgan fingerprint density at radius 3 is 1.90 bits per heavy atom. The lowest BCUT2D eigenvalue weighted by Gasteiger charge is -2.36. The molecule has 0 spiro atoms. The van der Waals surface area contributed by atoms with Crippen LogP contribution in [0.15, 0.2) is 42.5 Å². The van der Waals surface area contributed by atoms with Crippen LogP contribution in [0.4, 0.5) is 0 Å². The van der Waals surface area contributed by atoms with Gasteiger partial charge in [-0.1, -0.05) is 17.7 Å². The molecule has 7 nitrogen and oxygen atoms in total. The molecule has 1 unspecified atom stereocenters. The average Bonchev–Trinajstić information content (AvgIpc) is 2.79. The number of piperazine rings is 1. The Morgan fingerprint density at radius 1 is 0.833 bits per heavy atom. The Kier molecular flexibility index (Phi) is 6.82. The highest BCUT2D eigenvalue weighted by Gasteiger charge is 2.28. The second-order valence-electron chi connectivity index (χ2n) is 7.29. The molecule has 30 heavy (non-hydrogen) atoms. The lowest BCUT2D eigenvalue weighted by molar-refractivity contribution is -0.139.